The van der Waals surface area contributed by atoms with Crippen LogP contribution in [-0.2, 0) is 6.42 Å². The summed E-state index contributed by atoms with van der Waals surface area (Å²) in [6.07, 6.45) is 4.13. The van der Waals surface area contributed by atoms with Crippen LogP contribution in [0, 0.1) is 0 Å². The lowest BCUT2D eigenvalue weighted by molar-refractivity contribution is 0.0953. The van der Waals surface area contributed by atoms with Gasteiger partial charge in [-0.25, -0.2) is 0 Å². The average Bonchev–Trinajstić information content (AvgIpc) is 3.09. The molecule has 0 fully saturated rings. The number of hydrogen-bond acceptors (Lipinski definition) is 5. The molecule has 0 radical (unpaired) electrons. The van der Waals surface area contributed by atoms with E-state index in [4.69, 9.17) is 9.47 Å². The lowest BCUT2D eigenvalue weighted by atomic mass is 10.2. The molecule has 0 unspecified atom stereocenters. The maximum Gasteiger partial charge on any atom is 0.251 e. The number of amides is 1. The Kier molecular flexibility index (Phi) is 5.48. The fraction of sp³-hybridized carbons (Fsp3) is 0.211. The van der Waals surface area contributed by atoms with Gasteiger partial charge in [-0.2, -0.15) is 0 Å². The zero-order valence-electron chi connectivity index (χ0n) is 14.5. The van der Waals surface area contributed by atoms with Crippen LogP contribution >= 0.6 is 0 Å². The van der Waals surface area contributed by atoms with Gasteiger partial charge in [-0.05, 0) is 30.3 Å². The Hall–Kier alpha value is -3.35. The Labute approximate surface area is 151 Å². The average molecular weight is 352 g/mol. The number of nitrogens with zero attached hydrogens (tertiary/aromatic N) is 3. The molecule has 134 valence electrons. The summed E-state index contributed by atoms with van der Waals surface area (Å²) in [5.41, 5.74) is 1.28. The highest BCUT2D eigenvalue weighted by atomic mass is 16.5. The fourth-order valence-corrected chi connectivity index (χ4v) is 2.53. The van der Waals surface area contributed by atoms with Gasteiger partial charge < -0.3 is 14.8 Å². The highest BCUT2D eigenvalue weighted by Crippen LogP contribution is 2.28. The monoisotopic (exact) mass is 352 g/mol. The molecule has 0 aliphatic rings. The van der Waals surface area contributed by atoms with E-state index in [2.05, 4.69) is 22.1 Å². The van der Waals surface area contributed by atoms with Crippen molar-refractivity contribution in [2.24, 2.45) is 0 Å². The van der Waals surface area contributed by atoms with Gasteiger partial charge >= 0.3 is 0 Å². The van der Waals surface area contributed by atoms with Crippen molar-refractivity contribution in [3.63, 3.8) is 0 Å². The number of pyridine rings is 1. The molecule has 7 heteroatoms. The van der Waals surface area contributed by atoms with E-state index >= 15 is 0 Å². The first kappa shape index (κ1) is 17.5. The molecule has 0 aliphatic carbocycles. The minimum absolute atomic E-state index is 0.188. The minimum Gasteiger partial charge on any atom is -0.493 e. The standard InChI is InChI=1S/C19H20N4O3/c1-3-12-26-15-8-7-14(13-16(15)25-2)19(24)20-10-9-18-22-21-17-6-4-5-11-23(17)18/h3-8,11,13H,1,9-10,12H2,2H3,(H,20,24). The molecule has 1 amide bonds. The largest absolute Gasteiger partial charge is 0.493 e. The van der Waals surface area contributed by atoms with Crippen molar-refractivity contribution in [2.45, 2.75) is 6.42 Å². The lowest BCUT2D eigenvalue weighted by Gasteiger charge is -2.11. The predicted molar refractivity (Wildman–Crippen MR) is 97.7 cm³/mol. The molecule has 3 rings (SSSR count). The van der Waals surface area contributed by atoms with Gasteiger partial charge in [0.25, 0.3) is 5.91 Å². The maximum absolute atomic E-state index is 12.4. The second kappa shape index (κ2) is 8.15. The van der Waals surface area contributed by atoms with Gasteiger partial charge in [0.2, 0.25) is 0 Å². The number of methoxy groups -OCH3 is 1. The van der Waals surface area contributed by atoms with E-state index in [0.717, 1.165) is 11.5 Å². The first-order valence-electron chi connectivity index (χ1n) is 8.21. The number of carbonyl (C=O) groups excluding carboxylic acids is 1. The van der Waals surface area contributed by atoms with E-state index in [1.165, 1.54) is 7.11 Å². The molecular weight excluding hydrogens is 332 g/mol. The van der Waals surface area contributed by atoms with Gasteiger partial charge in [-0.15, -0.1) is 10.2 Å². The topological polar surface area (TPSA) is 77.8 Å². The Morgan fingerprint density at radius 1 is 1.27 bits per heavy atom. The number of hydrogen-bond donors (Lipinski definition) is 1. The van der Waals surface area contributed by atoms with Crippen LogP contribution in [0.3, 0.4) is 0 Å². The Morgan fingerprint density at radius 3 is 2.96 bits per heavy atom. The highest BCUT2D eigenvalue weighted by molar-refractivity contribution is 5.94. The second-order valence-electron chi connectivity index (χ2n) is 5.52. The van der Waals surface area contributed by atoms with Crippen LogP contribution in [0.25, 0.3) is 5.65 Å². The molecule has 0 aliphatic heterocycles. The summed E-state index contributed by atoms with van der Waals surface area (Å²) < 4.78 is 12.7. The highest BCUT2D eigenvalue weighted by Gasteiger charge is 2.11. The van der Waals surface area contributed by atoms with E-state index in [1.807, 2.05) is 28.8 Å². The Morgan fingerprint density at radius 2 is 2.15 bits per heavy atom. The van der Waals surface area contributed by atoms with Gasteiger partial charge in [0.05, 0.1) is 7.11 Å². The van der Waals surface area contributed by atoms with Gasteiger partial charge in [-0.1, -0.05) is 18.7 Å². The summed E-state index contributed by atoms with van der Waals surface area (Å²) in [5, 5.41) is 11.1. The van der Waals surface area contributed by atoms with Crippen molar-refractivity contribution >= 4 is 11.6 Å². The first-order chi connectivity index (χ1) is 12.7. The SMILES string of the molecule is C=CCOc1ccc(C(=O)NCCc2nnc3ccccn23)cc1OC. The second-order valence-corrected chi connectivity index (χ2v) is 5.52. The zero-order chi connectivity index (χ0) is 18.4. The molecule has 0 saturated heterocycles. The van der Waals surface area contributed by atoms with E-state index < -0.39 is 0 Å². The number of nitrogens with one attached hydrogen (secondary N) is 1. The van der Waals surface area contributed by atoms with Gasteiger partial charge in [0, 0.05) is 24.7 Å². The van der Waals surface area contributed by atoms with Gasteiger partial charge in [0.1, 0.15) is 12.4 Å². The molecule has 1 aromatic carbocycles. The van der Waals surface area contributed by atoms with Crippen molar-refractivity contribution in [3.8, 4) is 11.5 Å². The zero-order valence-corrected chi connectivity index (χ0v) is 14.5. The van der Waals surface area contributed by atoms with Crippen molar-refractivity contribution in [3.05, 3.63) is 66.6 Å². The van der Waals surface area contributed by atoms with Crippen LogP contribution in [0.4, 0.5) is 0 Å². The number of fused-ring (bicyclic) bond motifs is 1. The summed E-state index contributed by atoms with van der Waals surface area (Å²) >= 11 is 0. The molecule has 0 spiro atoms. The summed E-state index contributed by atoms with van der Waals surface area (Å²) in [6, 6.07) is 10.8. The molecule has 0 atom stereocenters. The van der Waals surface area contributed by atoms with Crippen molar-refractivity contribution in [1.29, 1.82) is 0 Å². The maximum atomic E-state index is 12.4. The van der Waals surface area contributed by atoms with Crippen LogP contribution in [0.2, 0.25) is 0 Å². The first-order valence-corrected chi connectivity index (χ1v) is 8.21. The predicted octanol–water partition coefficient (Wildman–Crippen LogP) is 2.28. The quantitative estimate of drug-likeness (QED) is 0.629. The molecule has 0 saturated carbocycles. The third-order valence-corrected chi connectivity index (χ3v) is 3.80. The summed E-state index contributed by atoms with van der Waals surface area (Å²) in [4.78, 5) is 12.4. The summed E-state index contributed by atoms with van der Waals surface area (Å²) in [6.45, 7) is 4.43. The van der Waals surface area contributed by atoms with Crippen LogP contribution in [0.1, 0.15) is 16.2 Å². The third kappa shape index (κ3) is 3.83. The fourth-order valence-electron chi connectivity index (χ4n) is 2.53. The minimum atomic E-state index is -0.188. The molecule has 2 aromatic heterocycles. The normalized spacial score (nSPS) is 10.5. The van der Waals surface area contributed by atoms with Crippen molar-refractivity contribution < 1.29 is 14.3 Å². The number of ether oxygens (including phenoxy) is 2. The molecule has 26 heavy (non-hydrogen) atoms. The number of aromatic nitrogens is 3. The molecule has 0 bridgehead atoms. The van der Waals surface area contributed by atoms with E-state index in [1.54, 1.807) is 24.3 Å². The number of rotatable bonds is 8. The van der Waals surface area contributed by atoms with Crippen molar-refractivity contribution in [2.75, 3.05) is 20.3 Å². The van der Waals surface area contributed by atoms with E-state index in [0.29, 0.717) is 36.6 Å². The molecule has 7 nitrogen and oxygen atoms in total. The van der Waals surface area contributed by atoms with Gasteiger partial charge in [0.15, 0.2) is 17.1 Å². The molecule has 1 N–H and O–H groups in total. The Balaban J connectivity index is 1.62. The molecule has 3 aromatic rings. The molecular formula is C19H20N4O3. The van der Waals surface area contributed by atoms with Crippen LogP contribution in [-0.4, -0.2) is 40.8 Å². The number of benzene rings is 1. The third-order valence-electron chi connectivity index (χ3n) is 3.80. The molecule has 2 heterocycles. The van der Waals surface area contributed by atoms with Gasteiger partial charge in [-0.3, -0.25) is 9.20 Å². The summed E-state index contributed by atoms with van der Waals surface area (Å²) in [7, 11) is 1.54. The van der Waals surface area contributed by atoms with E-state index in [-0.39, 0.29) is 5.91 Å². The van der Waals surface area contributed by atoms with Crippen molar-refractivity contribution in [1.82, 2.24) is 19.9 Å². The summed E-state index contributed by atoms with van der Waals surface area (Å²) in [5.74, 6) is 1.68. The van der Waals surface area contributed by atoms with Crippen LogP contribution in [0.5, 0.6) is 11.5 Å². The van der Waals surface area contributed by atoms with Crippen LogP contribution < -0.4 is 14.8 Å². The number of carbonyl (C=O) groups is 1. The lowest BCUT2D eigenvalue weighted by Crippen LogP contribution is -2.26. The van der Waals surface area contributed by atoms with Crippen LogP contribution in [0.15, 0.2) is 55.3 Å². The smallest absolute Gasteiger partial charge is 0.251 e. The van der Waals surface area contributed by atoms with E-state index in [9.17, 15) is 4.79 Å². The Bertz CT molecular complexity index is 920.